The van der Waals surface area contributed by atoms with E-state index in [0.29, 0.717) is 0 Å². The van der Waals surface area contributed by atoms with Crippen molar-refractivity contribution >= 4 is 0 Å². The molecular weight excluding hydrogens is 174 g/mol. The Bertz CT molecular complexity index is 98.9. The zero-order chi connectivity index (χ0) is 10.8. The van der Waals surface area contributed by atoms with Crippen LogP contribution in [-0.2, 0) is 4.74 Å². The van der Waals surface area contributed by atoms with Gasteiger partial charge in [0.05, 0.1) is 6.61 Å². The van der Waals surface area contributed by atoms with Crippen molar-refractivity contribution in [3.8, 4) is 0 Å². The summed E-state index contributed by atoms with van der Waals surface area (Å²) < 4.78 is 5.49. The van der Waals surface area contributed by atoms with Crippen LogP contribution < -0.4 is 5.32 Å². The molecule has 1 N–H and O–H groups in total. The number of ether oxygens (including phenoxy) is 1. The summed E-state index contributed by atoms with van der Waals surface area (Å²) in [5, 5.41) is 3.38. The molecule has 0 aliphatic heterocycles. The summed E-state index contributed by atoms with van der Waals surface area (Å²) in [4.78, 5) is 0. The van der Waals surface area contributed by atoms with Gasteiger partial charge in [0.1, 0.15) is 0 Å². The van der Waals surface area contributed by atoms with Crippen LogP contribution in [0.4, 0.5) is 0 Å². The molecule has 0 aliphatic carbocycles. The van der Waals surface area contributed by atoms with Gasteiger partial charge in [-0.1, -0.05) is 27.7 Å². The molecular formula is C12H27NO. The van der Waals surface area contributed by atoms with Gasteiger partial charge in [-0.2, -0.15) is 0 Å². The van der Waals surface area contributed by atoms with Crippen LogP contribution >= 0.6 is 0 Å². The number of nitrogens with one attached hydrogen (secondary N) is 1. The van der Waals surface area contributed by atoms with Crippen LogP contribution in [0.5, 0.6) is 0 Å². The Morgan fingerprint density at radius 3 is 2.07 bits per heavy atom. The van der Waals surface area contributed by atoms with Gasteiger partial charge in [0.2, 0.25) is 0 Å². The van der Waals surface area contributed by atoms with E-state index in [0.717, 1.165) is 38.1 Å². The standard InChI is InChI=1S/C12H27NO/c1-11(2)5-7-13-8-10-14-9-6-12(3)4/h11-13H,5-10H2,1-4H3. The lowest BCUT2D eigenvalue weighted by molar-refractivity contribution is 0.125. The maximum absolute atomic E-state index is 5.49. The minimum atomic E-state index is 0.754. The average molecular weight is 201 g/mol. The highest BCUT2D eigenvalue weighted by molar-refractivity contribution is 4.50. The molecule has 0 unspecified atom stereocenters. The molecule has 14 heavy (non-hydrogen) atoms. The maximum atomic E-state index is 5.49. The quantitative estimate of drug-likeness (QED) is 0.579. The molecule has 0 atom stereocenters. The third-order valence-corrected chi connectivity index (χ3v) is 2.16. The van der Waals surface area contributed by atoms with E-state index in [1.165, 1.54) is 12.8 Å². The van der Waals surface area contributed by atoms with Crippen LogP contribution in [0.25, 0.3) is 0 Å². The van der Waals surface area contributed by atoms with Crippen molar-refractivity contribution in [3.63, 3.8) is 0 Å². The first-order valence-electron chi connectivity index (χ1n) is 5.91. The molecule has 0 heterocycles. The third kappa shape index (κ3) is 11.9. The van der Waals surface area contributed by atoms with E-state index in [1.807, 2.05) is 0 Å². The van der Waals surface area contributed by atoms with Crippen molar-refractivity contribution in [3.05, 3.63) is 0 Å². The molecule has 86 valence electrons. The second-order valence-electron chi connectivity index (χ2n) is 4.73. The average Bonchev–Trinajstić information content (AvgIpc) is 2.08. The van der Waals surface area contributed by atoms with E-state index >= 15 is 0 Å². The SMILES string of the molecule is CC(C)CCNCCOCCC(C)C. The molecule has 0 rings (SSSR count). The Morgan fingerprint density at radius 1 is 0.857 bits per heavy atom. The molecule has 0 radical (unpaired) electrons. The van der Waals surface area contributed by atoms with Crippen LogP contribution in [0.1, 0.15) is 40.5 Å². The predicted molar refractivity (Wildman–Crippen MR) is 62.6 cm³/mol. The minimum absolute atomic E-state index is 0.754. The fraction of sp³-hybridized carbons (Fsp3) is 1.00. The van der Waals surface area contributed by atoms with Crippen LogP contribution in [0.15, 0.2) is 0 Å². The van der Waals surface area contributed by atoms with Crippen LogP contribution in [0.3, 0.4) is 0 Å². The van der Waals surface area contributed by atoms with Crippen molar-refractivity contribution in [2.24, 2.45) is 11.8 Å². The summed E-state index contributed by atoms with van der Waals surface area (Å²) in [5.74, 6) is 1.55. The molecule has 2 heteroatoms. The smallest absolute Gasteiger partial charge is 0.0590 e. The van der Waals surface area contributed by atoms with Gasteiger partial charge in [-0.25, -0.2) is 0 Å². The normalized spacial score (nSPS) is 11.6. The second-order valence-corrected chi connectivity index (χ2v) is 4.73. The van der Waals surface area contributed by atoms with Crippen molar-refractivity contribution in [1.29, 1.82) is 0 Å². The van der Waals surface area contributed by atoms with Gasteiger partial charge < -0.3 is 10.1 Å². The van der Waals surface area contributed by atoms with Gasteiger partial charge >= 0.3 is 0 Å². The Hall–Kier alpha value is -0.0800. The van der Waals surface area contributed by atoms with Gasteiger partial charge in [0.15, 0.2) is 0 Å². The second kappa shape index (κ2) is 9.47. The molecule has 0 bridgehead atoms. The number of hydrogen-bond acceptors (Lipinski definition) is 2. The molecule has 0 amide bonds. The molecule has 0 aromatic carbocycles. The largest absolute Gasteiger partial charge is 0.380 e. The maximum Gasteiger partial charge on any atom is 0.0590 e. The van der Waals surface area contributed by atoms with Crippen molar-refractivity contribution < 1.29 is 4.74 Å². The van der Waals surface area contributed by atoms with E-state index in [2.05, 4.69) is 33.0 Å². The topological polar surface area (TPSA) is 21.3 Å². The summed E-state index contributed by atoms with van der Waals surface area (Å²) >= 11 is 0. The zero-order valence-corrected chi connectivity index (χ0v) is 10.3. The van der Waals surface area contributed by atoms with Gasteiger partial charge in [-0.15, -0.1) is 0 Å². The number of rotatable bonds is 9. The fourth-order valence-corrected chi connectivity index (χ4v) is 1.08. The molecule has 0 saturated carbocycles. The highest BCUT2D eigenvalue weighted by Gasteiger charge is 1.95. The van der Waals surface area contributed by atoms with Crippen molar-refractivity contribution in [1.82, 2.24) is 5.32 Å². The molecule has 0 aromatic rings. The van der Waals surface area contributed by atoms with Crippen LogP contribution in [0, 0.1) is 11.8 Å². The lowest BCUT2D eigenvalue weighted by atomic mass is 10.1. The zero-order valence-electron chi connectivity index (χ0n) is 10.3. The van der Waals surface area contributed by atoms with Gasteiger partial charge in [0.25, 0.3) is 0 Å². The summed E-state index contributed by atoms with van der Waals surface area (Å²) in [6, 6.07) is 0. The third-order valence-electron chi connectivity index (χ3n) is 2.16. The highest BCUT2D eigenvalue weighted by Crippen LogP contribution is 1.98. The lowest BCUT2D eigenvalue weighted by Crippen LogP contribution is -2.22. The first kappa shape index (κ1) is 13.9. The Balaban J connectivity index is 2.92. The van der Waals surface area contributed by atoms with E-state index in [4.69, 9.17) is 4.74 Å². The van der Waals surface area contributed by atoms with Gasteiger partial charge in [-0.05, 0) is 31.2 Å². The van der Waals surface area contributed by atoms with E-state index in [1.54, 1.807) is 0 Å². The summed E-state index contributed by atoms with van der Waals surface area (Å²) in [5.41, 5.74) is 0. The van der Waals surface area contributed by atoms with E-state index in [9.17, 15) is 0 Å². The molecule has 2 nitrogen and oxygen atoms in total. The Morgan fingerprint density at radius 2 is 1.50 bits per heavy atom. The Kier molecular flexibility index (Phi) is 9.42. The van der Waals surface area contributed by atoms with Crippen molar-refractivity contribution in [2.45, 2.75) is 40.5 Å². The summed E-state index contributed by atoms with van der Waals surface area (Å²) in [7, 11) is 0. The Labute approximate surface area is 89.4 Å². The molecule has 0 spiro atoms. The lowest BCUT2D eigenvalue weighted by Gasteiger charge is -2.08. The summed E-state index contributed by atoms with van der Waals surface area (Å²) in [6.45, 7) is 12.8. The molecule has 0 saturated heterocycles. The molecule has 0 fully saturated rings. The van der Waals surface area contributed by atoms with Crippen LogP contribution in [-0.4, -0.2) is 26.3 Å². The van der Waals surface area contributed by atoms with Crippen LogP contribution in [0.2, 0.25) is 0 Å². The first-order chi connectivity index (χ1) is 6.63. The highest BCUT2D eigenvalue weighted by atomic mass is 16.5. The monoisotopic (exact) mass is 201 g/mol. The van der Waals surface area contributed by atoms with Gasteiger partial charge in [-0.3, -0.25) is 0 Å². The first-order valence-corrected chi connectivity index (χ1v) is 5.91. The predicted octanol–water partition coefficient (Wildman–Crippen LogP) is 2.68. The van der Waals surface area contributed by atoms with Gasteiger partial charge in [0, 0.05) is 13.2 Å². The molecule has 0 aromatic heterocycles. The van der Waals surface area contributed by atoms with E-state index in [-0.39, 0.29) is 0 Å². The number of hydrogen-bond donors (Lipinski definition) is 1. The summed E-state index contributed by atoms with van der Waals surface area (Å²) in [6.07, 6.45) is 2.43. The molecule has 0 aliphatic rings. The van der Waals surface area contributed by atoms with E-state index < -0.39 is 0 Å². The minimum Gasteiger partial charge on any atom is -0.380 e. The fourth-order valence-electron chi connectivity index (χ4n) is 1.08. The van der Waals surface area contributed by atoms with Crippen molar-refractivity contribution in [2.75, 3.05) is 26.3 Å².